The van der Waals surface area contributed by atoms with E-state index in [9.17, 15) is 9.59 Å². The number of amides is 1. The zero-order valence-electron chi connectivity index (χ0n) is 13.4. The van der Waals surface area contributed by atoms with Crippen LogP contribution in [0.2, 0.25) is 0 Å². The lowest BCUT2D eigenvalue weighted by Crippen LogP contribution is -2.42. The number of carbonyl (C=O) groups is 2. The first-order chi connectivity index (χ1) is 11.1. The van der Waals surface area contributed by atoms with Crippen LogP contribution < -0.4 is 9.47 Å². The molecule has 1 fully saturated rings. The Balaban J connectivity index is 1.84. The number of rotatable bonds is 7. The molecule has 1 atom stereocenters. The van der Waals surface area contributed by atoms with Crippen molar-refractivity contribution >= 4 is 11.9 Å². The maximum absolute atomic E-state index is 12.3. The predicted molar refractivity (Wildman–Crippen MR) is 84.7 cm³/mol. The van der Waals surface area contributed by atoms with Crippen molar-refractivity contribution in [2.24, 2.45) is 5.92 Å². The number of carbonyl (C=O) groups excluding carboxylic acids is 1. The van der Waals surface area contributed by atoms with E-state index in [1.807, 2.05) is 12.1 Å². The third-order valence-electron chi connectivity index (χ3n) is 4.06. The molecule has 1 unspecified atom stereocenters. The van der Waals surface area contributed by atoms with E-state index >= 15 is 0 Å². The molecule has 2 rings (SSSR count). The minimum atomic E-state index is -0.784. The Labute approximate surface area is 136 Å². The fourth-order valence-corrected chi connectivity index (χ4v) is 2.82. The molecule has 23 heavy (non-hydrogen) atoms. The number of hydrogen-bond donors (Lipinski definition) is 1. The van der Waals surface area contributed by atoms with Crippen LogP contribution in [0.25, 0.3) is 0 Å². The Hall–Kier alpha value is -2.24. The molecular formula is C17H23NO5. The molecule has 6 heteroatoms. The fraction of sp³-hybridized carbons (Fsp3) is 0.529. The van der Waals surface area contributed by atoms with Gasteiger partial charge in [0, 0.05) is 19.5 Å². The molecule has 1 amide bonds. The Morgan fingerprint density at radius 2 is 2.04 bits per heavy atom. The van der Waals surface area contributed by atoms with Gasteiger partial charge in [0.15, 0.2) is 18.1 Å². The van der Waals surface area contributed by atoms with Crippen molar-refractivity contribution in [3.8, 4) is 11.5 Å². The molecule has 0 aliphatic carbocycles. The van der Waals surface area contributed by atoms with Crippen LogP contribution in [-0.4, -0.2) is 48.7 Å². The number of nitrogens with zero attached hydrogens (tertiary/aromatic N) is 1. The normalized spacial score (nSPS) is 17.6. The SMILES string of the molecule is COc1ccccc1OCC(=O)N1CCCC(CCC(=O)O)C1. The molecule has 0 spiro atoms. The number of carboxylic acid groups (broad SMARTS) is 1. The van der Waals surface area contributed by atoms with Gasteiger partial charge >= 0.3 is 5.97 Å². The standard InChI is InChI=1S/C17H23NO5/c1-22-14-6-2-3-7-15(14)23-12-16(19)18-10-4-5-13(11-18)8-9-17(20)21/h2-3,6-7,13H,4-5,8-12H2,1H3,(H,20,21). The lowest BCUT2D eigenvalue weighted by atomic mass is 9.93. The second-order valence-electron chi connectivity index (χ2n) is 5.72. The highest BCUT2D eigenvalue weighted by molar-refractivity contribution is 5.78. The summed E-state index contributed by atoms with van der Waals surface area (Å²) in [6.07, 6.45) is 2.66. The number of piperidine rings is 1. The van der Waals surface area contributed by atoms with E-state index in [1.165, 1.54) is 0 Å². The molecule has 126 valence electrons. The van der Waals surface area contributed by atoms with Crippen molar-refractivity contribution in [3.05, 3.63) is 24.3 Å². The fourth-order valence-electron chi connectivity index (χ4n) is 2.82. The number of hydrogen-bond acceptors (Lipinski definition) is 4. The number of aliphatic carboxylic acids is 1. The third kappa shape index (κ3) is 5.16. The number of carboxylic acids is 1. The summed E-state index contributed by atoms with van der Waals surface area (Å²) in [4.78, 5) is 24.7. The van der Waals surface area contributed by atoms with Crippen LogP contribution in [0.5, 0.6) is 11.5 Å². The highest BCUT2D eigenvalue weighted by Crippen LogP contribution is 2.26. The molecule has 1 aromatic carbocycles. The van der Waals surface area contributed by atoms with Crippen molar-refractivity contribution < 1.29 is 24.2 Å². The molecule has 1 aromatic rings. The Bertz CT molecular complexity index is 546. The van der Waals surface area contributed by atoms with Crippen molar-refractivity contribution in [3.63, 3.8) is 0 Å². The van der Waals surface area contributed by atoms with Gasteiger partial charge in [0.25, 0.3) is 5.91 Å². The Morgan fingerprint density at radius 3 is 2.74 bits per heavy atom. The Morgan fingerprint density at radius 1 is 1.30 bits per heavy atom. The van der Waals surface area contributed by atoms with Gasteiger partial charge in [-0.05, 0) is 37.3 Å². The molecule has 1 aliphatic rings. The first kappa shape index (κ1) is 17.1. The van der Waals surface area contributed by atoms with E-state index in [-0.39, 0.29) is 24.9 Å². The average molecular weight is 321 g/mol. The number of para-hydroxylation sites is 2. The molecule has 0 bridgehead atoms. The van der Waals surface area contributed by atoms with Crippen LogP contribution in [0, 0.1) is 5.92 Å². The summed E-state index contributed by atoms with van der Waals surface area (Å²) >= 11 is 0. The van der Waals surface area contributed by atoms with Crippen LogP contribution >= 0.6 is 0 Å². The summed E-state index contributed by atoms with van der Waals surface area (Å²) in [7, 11) is 1.56. The first-order valence-corrected chi connectivity index (χ1v) is 7.85. The van der Waals surface area contributed by atoms with Gasteiger partial charge in [0.05, 0.1) is 7.11 Å². The summed E-state index contributed by atoms with van der Waals surface area (Å²) in [5, 5.41) is 8.77. The molecule has 0 radical (unpaired) electrons. The lowest BCUT2D eigenvalue weighted by Gasteiger charge is -2.32. The monoisotopic (exact) mass is 321 g/mol. The van der Waals surface area contributed by atoms with Gasteiger partial charge < -0.3 is 19.5 Å². The molecule has 0 saturated carbocycles. The summed E-state index contributed by atoms with van der Waals surface area (Å²) in [5.74, 6) is 0.542. The Kier molecular flexibility index (Phi) is 6.26. The van der Waals surface area contributed by atoms with Crippen molar-refractivity contribution in [2.45, 2.75) is 25.7 Å². The number of likely N-dealkylation sites (tertiary alicyclic amines) is 1. The van der Waals surface area contributed by atoms with Gasteiger partial charge in [-0.25, -0.2) is 0 Å². The molecule has 1 N–H and O–H groups in total. The highest BCUT2D eigenvalue weighted by Gasteiger charge is 2.24. The van der Waals surface area contributed by atoms with Gasteiger partial charge in [-0.1, -0.05) is 12.1 Å². The second kappa shape index (κ2) is 8.41. The van der Waals surface area contributed by atoms with E-state index in [2.05, 4.69) is 0 Å². The number of methoxy groups -OCH3 is 1. The lowest BCUT2D eigenvalue weighted by molar-refractivity contribution is -0.137. The molecule has 1 saturated heterocycles. The van der Waals surface area contributed by atoms with Crippen molar-refractivity contribution in [1.82, 2.24) is 4.90 Å². The van der Waals surface area contributed by atoms with Crippen molar-refractivity contribution in [1.29, 1.82) is 0 Å². The average Bonchev–Trinajstić information content (AvgIpc) is 2.58. The minimum Gasteiger partial charge on any atom is -0.493 e. The summed E-state index contributed by atoms with van der Waals surface area (Å²) in [6, 6.07) is 7.21. The summed E-state index contributed by atoms with van der Waals surface area (Å²) in [5.41, 5.74) is 0. The van der Waals surface area contributed by atoms with Gasteiger partial charge in [-0.2, -0.15) is 0 Å². The molecule has 1 heterocycles. The van der Waals surface area contributed by atoms with Crippen LogP contribution in [-0.2, 0) is 9.59 Å². The van der Waals surface area contributed by atoms with E-state index in [0.29, 0.717) is 31.0 Å². The number of benzene rings is 1. The van der Waals surface area contributed by atoms with Crippen LogP contribution in [0.3, 0.4) is 0 Å². The second-order valence-corrected chi connectivity index (χ2v) is 5.72. The van der Waals surface area contributed by atoms with E-state index in [1.54, 1.807) is 24.1 Å². The first-order valence-electron chi connectivity index (χ1n) is 7.85. The molecule has 0 aromatic heterocycles. The maximum atomic E-state index is 12.3. The van der Waals surface area contributed by atoms with Gasteiger partial charge in [0.2, 0.25) is 0 Å². The van der Waals surface area contributed by atoms with Crippen molar-refractivity contribution in [2.75, 3.05) is 26.8 Å². The summed E-state index contributed by atoms with van der Waals surface area (Å²) in [6.45, 7) is 1.28. The zero-order valence-corrected chi connectivity index (χ0v) is 13.4. The highest BCUT2D eigenvalue weighted by atomic mass is 16.5. The van der Waals surface area contributed by atoms with Crippen LogP contribution in [0.1, 0.15) is 25.7 Å². The zero-order chi connectivity index (χ0) is 16.7. The van der Waals surface area contributed by atoms with E-state index < -0.39 is 5.97 Å². The van der Waals surface area contributed by atoms with E-state index in [4.69, 9.17) is 14.6 Å². The number of ether oxygens (including phenoxy) is 2. The summed E-state index contributed by atoms with van der Waals surface area (Å²) < 4.78 is 10.8. The molecule has 6 nitrogen and oxygen atoms in total. The predicted octanol–water partition coefficient (Wildman–Crippen LogP) is 2.18. The molecular weight excluding hydrogens is 298 g/mol. The minimum absolute atomic E-state index is 0.0357. The van der Waals surface area contributed by atoms with Gasteiger partial charge in [0.1, 0.15) is 0 Å². The van der Waals surface area contributed by atoms with Gasteiger partial charge in [-0.3, -0.25) is 9.59 Å². The van der Waals surface area contributed by atoms with Gasteiger partial charge in [-0.15, -0.1) is 0 Å². The van der Waals surface area contributed by atoms with E-state index in [0.717, 1.165) is 12.8 Å². The van der Waals surface area contributed by atoms with Crippen LogP contribution in [0.15, 0.2) is 24.3 Å². The smallest absolute Gasteiger partial charge is 0.303 e. The van der Waals surface area contributed by atoms with Crippen LogP contribution in [0.4, 0.5) is 0 Å². The topological polar surface area (TPSA) is 76.1 Å². The maximum Gasteiger partial charge on any atom is 0.303 e. The third-order valence-corrected chi connectivity index (χ3v) is 4.06. The largest absolute Gasteiger partial charge is 0.493 e. The quantitative estimate of drug-likeness (QED) is 0.833. The molecule has 1 aliphatic heterocycles.